The van der Waals surface area contributed by atoms with Crippen molar-refractivity contribution >= 4 is 5.82 Å². The van der Waals surface area contributed by atoms with Gasteiger partial charge in [0.05, 0.1) is 0 Å². The quantitative estimate of drug-likeness (QED) is 0.847. The molecule has 0 radical (unpaired) electrons. The minimum absolute atomic E-state index is 0.436. The Morgan fingerprint density at radius 1 is 1.29 bits per heavy atom. The molecule has 17 heavy (non-hydrogen) atoms. The number of rotatable bonds is 2. The van der Waals surface area contributed by atoms with Crippen LogP contribution < -0.4 is 10.6 Å². The summed E-state index contributed by atoms with van der Waals surface area (Å²) in [6, 6.07) is 2.51. The summed E-state index contributed by atoms with van der Waals surface area (Å²) in [7, 11) is 0. The topological polar surface area (TPSA) is 55.0 Å². The zero-order valence-corrected chi connectivity index (χ0v) is 10.8. The minimum Gasteiger partial charge on any atom is -0.352 e. The third-order valence-corrected chi connectivity index (χ3v) is 3.40. The van der Waals surface area contributed by atoms with E-state index in [1.54, 1.807) is 0 Å². The number of hydrogen-bond donors (Lipinski definition) is 1. The Morgan fingerprint density at radius 2 is 2.12 bits per heavy atom. The molecule has 0 saturated carbocycles. The van der Waals surface area contributed by atoms with Crippen LogP contribution in [0.2, 0.25) is 0 Å². The molecular weight excluding hydrogens is 212 g/mol. The molecule has 4 nitrogen and oxygen atoms in total. The maximum Gasteiger partial charge on any atom is 0.132 e. The van der Waals surface area contributed by atoms with E-state index in [0.717, 1.165) is 23.9 Å². The summed E-state index contributed by atoms with van der Waals surface area (Å²) in [6.45, 7) is 5.75. The summed E-state index contributed by atoms with van der Waals surface area (Å²) in [4.78, 5) is 11.3. The fourth-order valence-corrected chi connectivity index (χ4v) is 2.57. The van der Waals surface area contributed by atoms with Gasteiger partial charge in [0.1, 0.15) is 11.6 Å². The second kappa shape index (κ2) is 5.45. The number of nitrogens with two attached hydrogens (primary N) is 1. The highest BCUT2D eigenvalue weighted by atomic mass is 15.2. The number of aromatic nitrogens is 2. The number of anilines is 1. The Bertz CT molecular complexity index is 357. The summed E-state index contributed by atoms with van der Waals surface area (Å²) >= 11 is 0. The molecule has 4 heteroatoms. The lowest BCUT2D eigenvalue weighted by molar-refractivity contribution is 0.574. The highest BCUT2D eigenvalue weighted by Crippen LogP contribution is 2.22. The van der Waals surface area contributed by atoms with Crippen molar-refractivity contribution in [3.05, 3.63) is 17.6 Å². The summed E-state index contributed by atoms with van der Waals surface area (Å²) in [5.41, 5.74) is 6.93. The lowest BCUT2D eigenvalue weighted by Crippen LogP contribution is -2.40. The normalized spacial score (nSPS) is 21.4. The molecule has 1 aromatic heterocycles. The Kier molecular flexibility index (Phi) is 3.94. The Morgan fingerprint density at radius 3 is 2.82 bits per heavy atom. The molecule has 2 rings (SSSR count). The van der Waals surface area contributed by atoms with E-state index in [1.165, 1.54) is 25.7 Å². The Hall–Kier alpha value is -1.16. The van der Waals surface area contributed by atoms with Crippen LogP contribution in [0.1, 0.15) is 37.2 Å². The molecule has 94 valence electrons. The van der Waals surface area contributed by atoms with Crippen LogP contribution in [-0.2, 0) is 0 Å². The molecule has 1 atom stereocenters. The van der Waals surface area contributed by atoms with Crippen LogP contribution in [0.4, 0.5) is 5.82 Å². The van der Waals surface area contributed by atoms with Gasteiger partial charge in [0.2, 0.25) is 0 Å². The summed E-state index contributed by atoms with van der Waals surface area (Å²) < 4.78 is 0. The molecule has 1 unspecified atom stereocenters. The van der Waals surface area contributed by atoms with Gasteiger partial charge >= 0.3 is 0 Å². The average molecular weight is 234 g/mol. The number of aryl methyl sites for hydroxylation is 2. The molecule has 0 aliphatic carbocycles. The van der Waals surface area contributed by atoms with Crippen LogP contribution in [0, 0.1) is 13.8 Å². The van der Waals surface area contributed by atoms with E-state index < -0.39 is 0 Å². The summed E-state index contributed by atoms with van der Waals surface area (Å²) in [5, 5.41) is 0. The fraction of sp³-hybridized carbons (Fsp3) is 0.692. The molecule has 2 N–H and O–H groups in total. The maximum absolute atomic E-state index is 5.89. The number of nitrogens with zero attached hydrogens (tertiary/aromatic N) is 3. The second-order valence-electron chi connectivity index (χ2n) is 4.85. The average Bonchev–Trinajstić information content (AvgIpc) is 2.52. The monoisotopic (exact) mass is 234 g/mol. The first kappa shape index (κ1) is 12.3. The van der Waals surface area contributed by atoms with Gasteiger partial charge in [-0.1, -0.05) is 12.8 Å². The lowest BCUT2D eigenvalue weighted by Gasteiger charge is -2.30. The highest BCUT2D eigenvalue weighted by molar-refractivity contribution is 5.41. The van der Waals surface area contributed by atoms with Crippen LogP contribution in [-0.4, -0.2) is 29.1 Å². The first-order valence-electron chi connectivity index (χ1n) is 6.49. The molecule has 1 aliphatic rings. The van der Waals surface area contributed by atoms with Gasteiger partial charge in [0.25, 0.3) is 0 Å². The van der Waals surface area contributed by atoms with Gasteiger partial charge in [-0.05, 0) is 26.7 Å². The van der Waals surface area contributed by atoms with Crippen molar-refractivity contribution in [1.82, 2.24) is 9.97 Å². The molecule has 1 aromatic rings. The Labute approximate surface area is 103 Å². The van der Waals surface area contributed by atoms with Crippen molar-refractivity contribution in [2.24, 2.45) is 5.73 Å². The van der Waals surface area contributed by atoms with E-state index in [9.17, 15) is 0 Å². The van der Waals surface area contributed by atoms with Crippen LogP contribution in [0.3, 0.4) is 0 Å². The van der Waals surface area contributed by atoms with Gasteiger partial charge in [-0.25, -0.2) is 9.97 Å². The lowest BCUT2D eigenvalue weighted by atomic mass is 10.1. The van der Waals surface area contributed by atoms with Crippen molar-refractivity contribution < 1.29 is 0 Å². The smallest absolute Gasteiger partial charge is 0.132 e. The van der Waals surface area contributed by atoms with Crippen LogP contribution in [0.25, 0.3) is 0 Å². The third kappa shape index (κ3) is 2.94. The van der Waals surface area contributed by atoms with Gasteiger partial charge in [0.15, 0.2) is 0 Å². The molecule has 0 aromatic carbocycles. The van der Waals surface area contributed by atoms with Gasteiger partial charge < -0.3 is 10.6 Å². The molecule has 0 spiro atoms. The van der Waals surface area contributed by atoms with Gasteiger partial charge in [-0.15, -0.1) is 0 Å². The van der Waals surface area contributed by atoms with Crippen LogP contribution in [0.15, 0.2) is 6.07 Å². The minimum atomic E-state index is 0.436. The van der Waals surface area contributed by atoms with E-state index in [0.29, 0.717) is 12.6 Å². The van der Waals surface area contributed by atoms with E-state index in [4.69, 9.17) is 5.73 Å². The molecule has 1 fully saturated rings. The molecule has 0 amide bonds. The van der Waals surface area contributed by atoms with Crippen molar-refractivity contribution in [2.75, 3.05) is 18.0 Å². The third-order valence-electron chi connectivity index (χ3n) is 3.40. The van der Waals surface area contributed by atoms with Crippen LogP contribution >= 0.6 is 0 Å². The van der Waals surface area contributed by atoms with Crippen molar-refractivity contribution in [3.8, 4) is 0 Å². The molecule has 0 bridgehead atoms. The molecule has 1 aliphatic heterocycles. The van der Waals surface area contributed by atoms with Crippen molar-refractivity contribution in [3.63, 3.8) is 0 Å². The molecule has 1 saturated heterocycles. The Balaban J connectivity index is 2.27. The van der Waals surface area contributed by atoms with E-state index in [-0.39, 0.29) is 0 Å². The van der Waals surface area contributed by atoms with Crippen molar-refractivity contribution in [1.29, 1.82) is 0 Å². The molecule has 2 heterocycles. The van der Waals surface area contributed by atoms with E-state index in [1.807, 2.05) is 13.8 Å². The van der Waals surface area contributed by atoms with Gasteiger partial charge in [0, 0.05) is 30.9 Å². The van der Waals surface area contributed by atoms with E-state index >= 15 is 0 Å². The SMILES string of the molecule is Cc1cc(N2CCCCCC2CN)nc(C)n1. The summed E-state index contributed by atoms with van der Waals surface area (Å²) in [5.74, 6) is 1.90. The second-order valence-corrected chi connectivity index (χ2v) is 4.85. The largest absolute Gasteiger partial charge is 0.352 e. The first-order chi connectivity index (χ1) is 8.20. The highest BCUT2D eigenvalue weighted by Gasteiger charge is 2.21. The molecular formula is C13H22N4. The standard InChI is InChI=1S/C13H22N4/c1-10-8-13(16-11(2)15-10)17-7-5-3-4-6-12(17)9-14/h8,12H,3-7,9,14H2,1-2H3. The zero-order chi connectivity index (χ0) is 12.3. The first-order valence-corrected chi connectivity index (χ1v) is 6.49. The van der Waals surface area contributed by atoms with E-state index in [2.05, 4.69) is 20.9 Å². The van der Waals surface area contributed by atoms with Crippen LogP contribution in [0.5, 0.6) is 0 Å². The predicted octanol–water partition coefficient (Wildman–Crippen LogP) is 1.80. The zero-order valence-electron chi connectivity index (χ0n) is 10.8. The van der Waals surface area contributed by atoms with Gasteiger partial charge in [-0.2, -0.15) is 0 Å². The fourth-order valence-electron chi connectivity index (χ4n) is 2.57. The summed E-state index contributed by atoms with van der Waals surface area (Å²) in [6.07, 6.45) is 4.99. The maximum atomic E-state index is 5.89. The van der Waals surface area contributed by atoms with Crippen molar-refractivity contribution in [2.45, 2.75) is 45.6 Å². The predicted molar refractivity (Wildman–Crippen MR) is 70.2 cm³/mol. The number of hydrogen-bond acceptors (Lipinski definition) is 4. The van der Waals surface area contributed by atoms with Gasteiger partial charge in [-0.3, -0.25) is 0 Å².